The Bertz CT molecular complexity index is 598. The number of nitrogens with zero attached hydrogens (tertiary/aromatic N) is 1. The van der Waals surface area contributed by atoms with Crippen LogP contribution in [-0.4, -0.2) is 22.3 Å². The molecule has 3 rings (SSSR count). The number of fused-ring (bicyclic) bond motifs is 1. The van der Waals surface area contributed by atoms with Gasteiger partial charge < -0.3 is 14.3 Å². The average Bonchev–Trinajstić information content (AvgIpc) is 2.91. The number of benzene rings is 1. The third-order valence-electron chi connectivity index (χ3n) is 3.17. The van der Waals surface area contributed by atoms with Crippen LogP contribution in [0.4, 0.5) is 4.39 Å². The molecule has 17 heavy (non-hydrogen) atoms. The molecule has 0 spiro atoms. The quantitative estimate of drug-likeness (QED) is 0.833. The number of aromatic nitrogens is 2. The summed E-state index contributed by atoms with van der Waals surface area (Å²) in [6.45, 7) is 1.51. The van der Waals surface area contributed by atoms with Crippen LogP contribution in [0.25, 0.3) is 11.0 Å². The molecule has 1 aliphatic heterocycles. The van der Waals surface area contributed by atoms with Gasteiger partial charge in [-0.05, 0) is 37.2 Å². The minimum absolute atomic E-state index is 0.198. The molecule has 1 saturated heterocycles. The van der Waals surface area contributed by atoms with Gasteiger partial charge in [0.15, 0.2) is 4.77 Å². The van der Waals surface area contributed by atoms with Crippen molar-refractivity contribution >= 4 is 23.3 Å². The Morgan fingerprint density at radius 3 is 3.18 bits per heavy atom. The second-order valence-corrected chi connectivity index (χ2v) is 4.70. The number of aromatic amines is 1. The van der Waals surface area contributed by atoms with Gasteiger partial charge in [-0.1, -0.05) is 6.07 Å². The Balaban J connectivity index is 2.06. The lowest BCUT2D eigenvalue weighted by Gasteiger charge is -2.10. The van der Waals surface area contributed by atoms with Gasteiger partial charge in [0.05, 0.1) is 18.2 Å². The summed E-state index contributed by atoms with van der Waals surface area (Å²) in [5, 5.41) is 0. The molecule has 0 amide bonds. The van der Waals surface area contributed by atoms with E-state index >= 15 is 0 Å². The van der Waals surface area contributed by atoms with Gasteiger partial charge in [0.25, 0.3) is 0 Å². The SMILES string of the molecule is Fc1cccc2c1[nH]c(=S)n2CC1CCCO1. The minimum Gasteiger partial charge on any atom is -0.376 e. The molecule has 1 fully saturated rings. The van der Waals surface area contributed by atoms with Crippen molar-refractivity contribution in [2.45, 2.75) is 25.5 Å². The Morgan fingerprint density at radius 2 is 2.41 bits per heavy atom. The first-order valence-corrected chi connectivity index (χ1v) is 6.15. The number of imidazole rings is 1. The number of halogens is 1. The van der Waals surface area contributed by atoms with E-state index in [1.54, 1.807) is 6.07 Å². The van der Waals surface area contributed by atoms with Crippen molar-refractivity contribution in [1.82, 2.24) is 9.55 Å². The molecule has 90 valence electrons. The molecular weight excluding hydrogens is 239 g/mol. The third kappa shape index (κ3) is 1.89. The summed E-state index contributed by atoms with van der Waals surface area (Å²) in [4.78, 5) is 2.92. The first-order chi connectivity index (χ1) is 8.25. The van der Waals surface area contributed by atoms with Crippen molar-refractivity contribution in [3.8, 4) is 0 Å². The first kappa shape index (κ1) is 10.9. The Labute approximate surface area is 103 Å². The second kappa shape index (κ2) is 4.23. The molecule has 0 bridgehead atoms. The molecule has 1 aromatic heterocycles. The summed E-state index contributed by atoms with van der Waals surface area (Å²) in [6.07, 6.45) is 2.34. The van der Waals surface area contributed by atoms with Crippen molar-refractivity contribution in [2.24, 2.45) is 0 Å². The van der Waals surface area contributed by atoms with E-state index in [0.717, 1.165) is 25.0 Å². The summed E-state index contributed by atoms with van der Waals surface area (Å²) < 4.78 is 21.6. The maximum absolute atomic E-state index is 13.6. The lowest BCUT2D eigenvalue weighted by atomic mass is 10.2. The van der Waals surface area contributed by atoms with Crippen molar-refractivity contribution < 1.29 is 9.13 Å². The number of ether oxygens (including phenoxy) is 1. The maximum atomic E-state index is 13.6. The first-order valence-electron chi connectivity index (χ1n) is 5.74. The highest BCUT2D eigenvalue weighted by Gasteiger charge is 2.18. The van der Waals surface area contributed by atoms with Crippen LogP contribution in [0.15, 0.2) is 18.2 Å². The number of hydrogen-bond donors (Lipinski definition) is 1. The third-order valence-corrected chi connectivity index (χ3v) is 3.49. The highest BCUT2D eigenvalue weighted by atomic mass is 32.1. The zero-order valence-corrected chi connectivity index (χ0v) is 10.1. The molecule has 1 atom stereocenters. The van der Waals surface area contributed by atoms with Crippen molar-refractivity contribution in [2.75, 3.05) is 6.61 Å². The van der Waals surface area contributed by atoms with E-state index < -0.39 is 0 Å². The second-order valence-electron chi connectivity index (χ2n) is 4.31. The number of rotatable bonds is 2. The van der Waals surface area contributed by atoms with E-state index in [9.17, 15) is 4.39 Å². The van der Waals surface area contributed by atoms with Crippen molar-refractivity contribution in [3.05, 3.63) is 28.8 Å². The highest BCUT2D eigenvalue weighted by molar-refractivity contribution is 7.71. The van der Waals surface area contributed by atoms with Gasteiger partial charge in [-0.15, -0.1) is 0 Å². The molecule has 1 unspecified atom stereocenters. The van der Waals surface area contributed by atoms with E-state index in [-0.39, 0.29) is 11.9 Å². The largest absolute Gasteiger partial charge is 0.376 e. The van der Waals surface area contributed by atoms with E-state index in [2.05, 4.69) is 4.98 Å². The van der Waals surface area contributed by atoms with Gasteiger partial charge in [-0.25, -0.2) is 4.39 Å². The van der Waals surface area contributed by atoms with Gasteiger partial charge in [0, 0.05) is 6.61 Å². The predicted molar refractivity (Wildman–Crippen MR) is 66.1 cm³/mol. The maximum Gasteiger partial charge on any atom is 0.178 e. The van der Waals surface area contributed by atoms with Crippen LogP contribution < -0.4 is 0 Å². The molecule has 0 saturated carbocycles. The summed E-state index contributed by atoms with van der Waals surface area (Å²) in [6, 6.07) is 5.01. The zero-order valence-electron chi connectivity index (χ0n) is 9.28. The predicted octanol–water partition coefficient (Wildman–Crippen LogP) is 3.02. The fourth-order valence-electron chi connectivity index (χ4n) is 2.32. The summed E-state index contributed by atoms with van der Waals surface area (Å²) in [7, 11) is 0. The van der Waals surface area contributed by atoms with Gasteiger partial charge in [-0.2, -0.15) is 0 Å². The van der Waals surface area contributed by atoms with Crippen molar-refractivity contribution in [3.63, 3.8) is 0 Å². The molecule has 1 aliphatic rings. The van der Waals surface area contributed by atoms with Crippen LogP contribution in [0.3, 0.4) is 0 Å². The van der Waals surface area contributed by atoms with E-state index in [0.29, 0.717) is 16.8 Å². The van der Waals surface area contributed by atoms with Crippen LogP contribution in [-0.2, 0) is 11.3 Å². The Kier molecular flexibility index (Phi) is 2.72. The summed E-state index contributed by atoms with van der Waals surface area (Å²) in [5.74, 6) is -0.264. The topological polar surface area (TPSA) is 29.9 Å². The average molecular weight is 252 g/mol. The summed E-state index contributed by atoms with van der Waals surface area (Å²) >= 11 is 5.23. The number of hydrogen-bond acceptors (Lipinski definition) is 2. The number of nitrogens with one attached hydrogen (secondary N) is 1. The molecule has 1 aromatic carbocycles. The van der Waals surface area contributed by atoms with Crippen LogP contribution in [0.1, 0.15) is 12.8 Å². The van der Waals surface area contributed by atoms with Crippen LogP contribution >= 0.6 is 12.2 Å². The fourth-order valence-corrected chi connectivity index (χ4v) is 2.59. The Morgan fingerprint density at radius 1 is 1.53 bits per heavy atom. The smallest absolute Gasteiger partial charge is 0.178 e. The highest BCUT2D eigenvalue weighted by Crippen LogP contribution is 2.20. The minimum atomic E-state index is -0.264. The van der Waals surface area contributed by atoms with E-state index in [1.807, 2.05) is 10.6 Å². The van der Waals surface area contributed by atoms with E-state index in [4.69, 9.17) is 17.0 Å². The molecular formula is C12H13FN2OS. The van der Waals surface area contributed by atoms with Gasteiger partial charge in [0.1, 0.15) is 11.3 Å². The van der Waals surface area contributed by atoms with E-state index in [1.165, 1.54) is 6.07 Å². The lowest BCUT2D eigenvalue weighted by molar-refractivity contribution is 0.0976. The number of para-hydroxylation sites is 1. The standard InChI is InChI=1S/C12H13FN2OS/c13-9-4-1-5-10-11(9)14-12(17)15(10)7-8-3-2-6-16-8/h1,4-5,8H,2-3,6-7H2,(H,14,17). The van der Waals surface area contributed by atoms with Crippen LogP contribution in [0.2, 0.25) is 0 Å². The zero-order chi connectivity index (χ0) is 11.8. The lowest BCUT2D eigenvalue weighted by Crippen LogP contribution is -2.14. The normalized spacial score (nSPS) is 20.2. The van der Waals surface area contributed by atoms with Crippen molar-refractivity contribution in [1.29, 1.82) is 0 Å². The number of H-pyrrole nitrogens is 1. The molecule has 2 aromatic rings. The molecule has 5 heteroatoms. The molecule has 3 nitrogen and oxygen atoms in total. The molecule has 1 N–H and O–H groups in total. The fraction of sp³-hybridized carbons (Fsp3) is 0.417. The molecule has 2 heterocycles. The van der Waals surface area contributed by atoms with Crippen LogP contribution in [0.5, 0.6) is 0 Å². The van der Waals surface area contributed by atoms with Gasteiger partial charge in [0.2, 0.25) is 0 Å². The van der Waals surface area contributed by atoms with Crippen LogP contribution in [0, 0.1) is 10.6 Å². The molecule has 0 radical (unpaired) electrons. The van der Waals surface area contributed by atoms with Gasteiger partial charge >= 0.3 is 0 Å². The molecule has 0 aliphatic carbocycles. The Hall–Kier alpha value is -1.20. The van der Waals surface area contributed by atoms with Gasteiger partial charge in [-0.3, -0.25) is 0 Å². The summed E-state index contributed by atoms with van der Waals surface area (Å²) in [5.41, 5.74) is 1.29. The monoisotopic (exact) mass is 252 g/mol.